The van der Waals surface area contributed by atoms with Crippen LogP contribution in [0.1, 0.15) is 17.5 Å². The van der Waals surface area contributed by atoms with Crippen LogP contribution in [0.15, 0.2) is 24.3 Å². The number of benzene rings is 1. The fourth-order valence-electron chi connectivity index (χ4n) is 1.44. The summed E-state index contributed by atoms with van der Waals surface area (Å²) in [5, 5.41) is 8.90. The van der Waals surface area contributed by atoms with Crippen LogP contribution in [0.4, 0.5) is 0 Å². The van der Waals surface area contributed by atoms with Gasteiger partial charge in [-0.2, -0.15) is 5.26 Å². The zero-order valence-corrected chi connectivity index (χ0v) is 10.7. The first-order valence-corrected chi connectivity index (χ1v) is 6.01. The van der Waals surface area contributed by atoms with Gasteiger partial charge in [0.25, 0.3) is 0 Å². The van der Waals surface area contributed by atoms with Crippen molar-refractivity contribution in [3.05, 3.63) is 35.4 Å². The van der Waals surface area contributed by atoms with E-state index in [9.17, 15) is 0 Å². The van der Waals surface area contributed by atoms with Crippen LogP contribution in [0.2, 0.25) is 0 Å². The molecule has 0 fully saturated rings. The first-order chi connectivity index (χ1) is 8.88. The highest BCUT2D eigenvalue weighted by Gasteiger charge is 2.00. The molecule has 98 valence electrons. The lowest BCUT2D eigenvalue weighted by Crippen LogP contribution is -2.06. The molecule has 1 aromatic carbocycles. The van der Waals surface area contributed by atoms with Crippen molar-refractivity contribution in [3.63, 3.8) is 0 Å². The number of ether oxygens (including phenoxy) is 3. The molecular formula is C14H19NO3. The molecule has 0 saturated heterocycles. The zero-order valence-electron chi connectivity index (χ0n) is 10.7. The summed E-state index contributed by atoms with van der Waals surface area (Å²) in [6.45, 7) is 3.02. The largest absolute Gasteiger partial charge is 0.382 e. The van der Waals surface area contributed by atoms with E-state index in [1.54, 1.807) is 13.2 Å². The summed E-state index contributed by atoms with van der Waals surface area (Å²) in [4.78, 5) is 0. The van der Waals surface area contributed by atoms with Crippen LogP contribution in [0.5, 0.6) is 0 Å². The molecule has 0 N–H and O–H groups in total. The third kappa shape index (κ3) is 5.78. The van der Waals surface area contributed by atoms with Gasteiger partial charge in [-0.15, -0.1) is 0 Å². The minimum absolute atomic E-state index is 0.474. The molecule has 0 unspecified atom stereocenters. The summed E-state index contributed by atoms with van der Waals surface area (Å²) in [6.07, 6.45) is 0.846. The Bertz CT molecular complexity index is 374. The lowest BCUT2D eigenvalue weighted by Gasteiger charge is -2.06. The lowest BCUT2D eigenvalue weighted by molar-refractivity contribution is 0.0483. The zero-order chi connectivity index (χ0) is 13.1. The molecule has 0 aromatic heterocycles. The van der Waals surface area contributed by atoms with Crippen LogP contribution in [0.3, 0.4) is 0 Å². The summed E-state index contributed by atoms with van der Waals surface area (Å²) in [5.41, 5.74) is 1.61. The molecule has 1 rings (SSSR count). The van der Waals surface area contributed by atoms with E-state index in [0.29, 0.717) is 38.6 Å². The van der Waals surface area contributed by atoms with Gasteiger partial charge in [0.2, 0.25) is 0 Å². The molecule has 18 heavy (non-hydrogen) atoms. The number of hydrogen-bond acceptors (Lipinski definition) is 4. The number of hydrogen-bond donors (Lipinski definition) is 0. The molecule has 4 heteroatoms. The molecule has 1 aromatic rings. The minimum atomic E-state index is 0.474. The van der Waals surface area contributed by atoms with Crippen molar-refractivity contribution in [2.24, 2.45) is 0 Å². The third-order valence-corrected chi connectivity index (χ3v) is 2.40. The van der Waals surface area contributed by atoms with Gasteiger partial charge in [-0.1, -0.05) is 18.2 Å². The van der Waals surface area contributed by atoms with Gasteiger partial charge < -0.3 is 14.2 Å². The van der Waals surface area contributed by atoms with E-state index in [2.05, 4.69) is 6.07 Å². The first kappa shape index (κ1) is 14.7. The lowest BCUT2D eigenvalue weighted by atomic mass is 10.1. The topological polar surface area (TPSA) is 51.5 Å². The molecule has 4 nitrogen and oxygen atoms in total. The second-order valence-corrected chi connectivity index (χ2v) is 3.78. The fraction of sp³-hybridized carbons (Fsp3) is 0.500. The summed E-state index contributed by atoms with van der Waals surface area (Å²) in [7, 11) is 1.65. The van der Waals surface area contributed by atoms with E-state index in [-0.39, 0.29) is 0 Å². The van der Waals surface area contributed by atoms with Gasteiger partial charge in [0.05, 0.1) is 31.5 Å². The second-order valence-electron chi connectivity index (χ2n) is 3.78. The Morgan fingerprint density at radius 3 is 2.61 bits per heavy atom. The highest BCUT2D eigenvalue weighted by Crippen LogP contribution is 2.08. The van der Waals surface area contributed by atoms with Crippen LogP contribution in [-0.2, 0) is 20.8 Å². The van der Waals surface area contributed by atoms with Gasteiger partial charge in [0, 0.05) is 20.3 Å². The van der Waals surface area contributed by atoms with Crippen molar-refractivity contribution in [1.82, 2.24) is 0 Å². The maximum Gasteiger partial charge on any atom is 0.0995 e. The molecule has 0 saturated carbocycles. The molecule has 0 radical (unpaired) electrons. The van der Waals surface area contributed by atoms with E-state index < -0.39 is 0 Å². The van der Waals surface area contributed by atoms with Crippen LogP contribution in [0, 0.1) is 11.3 Å². The van der Waals surface area contributed by atoms with Crippen molar-refractivity contribution < 1.29 is 14.2 Å². The monoisotopic (exact) mass is 249 g/mol. The Morgan fingerprint density at radius 2 is 1.83 bits per heavy atom. The molecule has 0 atom stereocenters. The highest BCUT2D eigenvalue weighted by atomic mass is 16.5. The van der Waals surface area contributed by atoms with Gasteiger partial charge in [0.15, 0.2) is 0 Å². The minimum Gasteiger partial charge on any atom is -0.382 e. The number of methoxy groups -OCH3 is 1. The Kier molecular flexibility index (Phi) is 7.82. The SMILES string of the molecule is COCCOCCCOCc1ccccc1C#N. The number of nitrogens with zero attached hydrogens (tertiary/aromatic N) is 1. The maximum absolute atomic E-state index is 8.90. The maximum atomic E-state index is 8.90. The predicted molar refractivity (Wildman–Crippen MR) is 68.1 cm³/mol. The quantitative estimate of drug-likeness (QED) is 0.629. The van der Waals surface area contributed by atoms with E-state index >= 15 is 0 Å². The van der Waals surface area contributed by atoms with Gasteiger partial charge >= 0.3 is 0 Å². The smallest absolute Gasteiger partial charge is 0.0995 e. The summed E-state index contributed by atoms with van der Waals surface area (Å²) >= 11 is 0. The molecule has 0 spiro atoms. The van der Waals surface area contributed by atoms with Crippen LogP contribution in [0.25, 0.3) is 0 Å². The molecule has 0 aliphatic heterocycles. The van der Waals surface area contributed by atoms with Crippen molar-refractivity contribution in [3.8, 4) is 6.07 Å². The third-order valence-electron chi connectivity index (χ3n) is 2.40. The van der Waals surface area contributed by atoms with Crippen molar-refractivity contribution in [2.45, 2.75) is 13.0 Å². The summed E-state index contributed by atoms with van der Waals surface area (Å²) in [5.74, 6) is 0. The van der Waals surface area contributed by atoms with E-state index in [1.165, 1.54) is 0 Å². The van der Waals surface area contributed by atoms with Crippen LogP contribution in [-0.4, -0.2) is 33.5 Å². The Labute approximate surface area is 108 Å². The predicted octanol–water partition coefficient (Wildman–Crippen LogP) is 2.13. The average molecular weight is 249 g/mol. The van der Waals surface area contributed by atoms with Crippen molar-refractivity contribution in [2.75, 3.05) is 33.5 Å². The van der Waals surface area contributed by atoms with E-state index in [4.69, 9.17) is 19.5 Å². The summed E-state index contributed by atoms with van der Waals surface area (Å²) in [6, 6.07) is 9.62. The molecule has 0 aliphatic rings. The van der Waals surface area contributed by atoms with Crippen LogP contribution >= 0.6 is 0 Å². The molecule has 0 heterocycles. The first-order valence-electron chi connectivity index (χ1n) is 6.01. The van der Waals surface area contributed by atoms with E-state index in [0.717, 1.165) is 12.0 Å². The molecule has 0 aliphatic carbocycles. The molecule has 0 amide bonds. The fourth-order valence-corrected chi connectivity index (χ4v) is 1.44. The second kappa shape index (κ2) is 9.60. The Hall–Kier alpha value is -1.41. The van der Waals surface area contributed by atoms with Crippen molar-refractivity contribution >= 4 is 0 Å². The normalized spacial score (nSPS) is 10.2. The molecule has 0 bridgehead atoms. The average Bonchev–Trinajstić information content (AvgIpc) is 2.42. The summed E-state index contributed by atoms with van der Waals surface area (Å²) < 4.78 is 15.7. The van der Waals surface area contributed by atoms with E-state index in [1.807, 2.05) is 18.2 Å². The van der Waals surface area contributed by atoms with Crippen LogP contribution < -0.4 is 0 Å². The van der Waals surface area contributed by atoms with Gasteiger partial charge in [-0.05, 0) is 18.1 Å². The van der Waals surface area contributed by atoms with Gasteiger partial charge in [0.1, 0.15) is 0 Å². The standard InChI is InChI=1S/C14H19NO3/c1-16-9-10-17-7-4-8-18-12-14-6-3-2-5-13(14)11-15/h2-3,5-6H,4,7-10,12H2,1H3. The highest BCUT2D eigenvalue weighted by molar-refractivity contribution is 5.36. The van der Waals surface area contributed by atoms with Crippen molar-refractivity contribution in [1.29, 1.82) is 5.26 Å². The van der Waals surface area contributed by atoms with Gasteiger partial charge in [-0.3, -0.25) is 0 Å². The number of nitriles is 1. The Morgan fingerprint density at radius 1 is 1.06 bits per heavy atom. The molecular weight excluding hydrogens is 230 g/mol. The number of rotatable bonds is 9. The van der Waals surface area contributed by atoms with Gasteiger partial charge in [-0.25, -0.2) is 0 Å². The Balaban J connectivity index is 2.09.